The van der Waals surface area contributed by atoms with E-state index in [4.69, 9.17) is 5.11 Å². The van der Waals surface area contributed by atoms with Crippen LogP contribution in [0.25, 0.3) is 15.9 Å². The van der Waals surface area contributed by atoms with Gasteiger partial charge in [0.1, 0.15) is 11.2 Å². The van der Waals surface area contributed by atoms with E-state index in [1.165, 1.54) is 10.4 Å². The van der Waals surface area contributed by atoms with Crippen molar-refractivity contribution in [3.63, 3.8) is 0 Å². The number of aryl methyl sites for hydroxylation is 1. The van der Waals surface area contributed by atoms with Gasteiger partial charge in [-0.05, 0) is 36.2 Å². The maximum Gasteiger partial charge on any atom is 0.291 e. The molecule has 3 aromatic heterocycles. The maximum absolute atomic E-state index is 12.1. The Labute approximate surface area is 155 Å². The second kappa shape index (κ2) is 6.28. The van der Waals surface area contributed by atoms with E-state index in [-0.39, 0.29) is 24.9 Å². The first-order valence-corrected chi connectivity index (χ1v) is 9.75. The van der Waals surface area contributed by atoms with Crippen LogP contribution in [0.3, 0.4) is 0 Å². The molecule has 0 fully saturated rings. The van der Waals surface area contributed by atoms with E-state index < -0.39 is 0 Å². The highest BCUT2D eigenvalue weighted by atomic mass is 32.1. The van der Waals surface area contributed by atoms with E-state index in [1.807, 2.05) is 0 Å². The molecule has 0 radical (unpaired) electrons. The van der Waals surface area contributed by atoms with Gasteiger partial charge in [-0.3, -0.25) is 4.79 Å². The summed E-state index contributed by atoms with van der Waals surface area (Å²) < 4.78 is 1.58. The molecule has 7 nitrogen and oxygen atoms in total. The van der Waals surface area contributed by atoms with Crippen LogP contribution in [0.5, 0.6) is 0 Å². The smallest absolute Gasteiger partial charge is 0.291 e. The van der Waals surface area contributed by atoms with Crippen molar-refractivity contribution in [2.24, 2.45) is 11.3 Å². The number of thiophene rings is 1. The highest BCUT2D eigenvalue weighted by Gasteiger charge is 2.32. The third-order valence-electron chi connectivity index (χ3n) is 5.21. The van der Waals surface area contributed by atoms with Crippen LogP contribution in [0.2, 0.25) is 0 Å². The zero-order valence-corrected chi connectivity index (χ0v) is 16.1. The summed E-state index contributed by atoms with van der Waals surface area (Å²) in [6.45, 7) is 6.99. The summed E-state index contributed by atoms with van der Waals surface area (Å²) in [6.07, 6.45) is 4.86. The Hall–Kier alpha value is -2.06. The quantitative estimate of drug-likeness (QED) is 0.734. The lowest BCUT2D eigenvalue weighted by molar-refractivity contribution is 0.0934. The summed E-state index contributed by atoms with van der Waals surface area (Å²) in [4.78, 5) is 23.5. The van der Waals surface area contributed by atoms with Gasteiger partial charge in [-0.2, -0.15) is 0 Å². The van der Waals surface area contributed by atoms with Gasteiger partial charge < -0.3 is 10.4 Å². The minimum Gasteiger partial charge on any atom is -0.395 e. The third-order valence-corrected chi connectivity index (χ3v) is 6.37. The topological polar surface area (TPSA) is 92.4 Å². The van der Waals surface area contributed by atoms with Crippen LogP contribution in [0.4, 0.5) is 0 Å². The van der Waals surface area contributed by atoms with Crippen LogP contribution in [-0.2, 0) is 12.8 Å². The summed E-state index contributed by atoms with van der Waals surface area (Å²) in [5, 5.41) is 16.7. The molecule has 3 aromatic rings. The number of amides is 1. The van der Waals surface area contributed by atoms with E-state index in [0.29, 0.717) is 17.0 Å². The third kappa shape index (κ3) is 2.87. The molecule has 1 atom stereocenters. The molecule has 0 saturated carbocycles. The molecule has 26 heavy (non-hydrogen) atoms. The van der Waals surface area contributed by atoms with Crippen molar-refractivity contribution in [2.45, 2.75) is 40.0 Å². The fraction of sp³-hybridized carbons (Fsp3) is 0.556. The minimum absolute atomic E-state index is 0.107. The largest absolute Gasteiger partial charge is 0.395 e. The Bertz CT molecular complexity index is 985. The molecule has 0 aromatic carbocycles. The van der Waals surface area contributed by atoms with E-state index in [1.54, 1.807) is 22.2 Å². The second-order valence-corrected chi connectivity index (χ2v) is 9.00. The number of carbonyl (C=O) groups is 1. The average Bonchev–Trinajstić information content (AvgIpc) is 3.18. The summed E-state index contributed by atoms with van der Waals surface area (Å²) in [5.74, 6) is 0.389. The van der Waals surface area contributed by atoms with Gasteiger partial charge in [-0.1, -0.05) is 20.8 Å². The summed E-state index contributed by atoms with van der Waals surface area (Å²) in [5.41, 5.74) is 2.30. The SMILES string of the molecule is CC(C)(C)[C@@H]1CCc2c(sc3ncn4nc(C(=O)NCCO)nc4c23)C1. The van der Waals surface area contributed by atoms with Crippen molar-refractivity contribution in [3.05, 3.63) is 22.6 Å². The Morgan fingerprint density at radius 3 is 3.00 bits per heavy atom. The molecule has 0 aliphatic heterocycles. The van der Waals surface area contributed by atoms with Crippen molar-refractivity contribution >= 4 is 33.1 Å². The lowest BCUT2D eigenvalue weighted by atomic mass is 9.72. The van der Waals surface area contributed by atoms with Gasteiger partial charge in [0.05, 0.1) is 12.0 Å². The van der Waals surface area contributed by atoms with Crippen LogP contribution < -0.4 is 5.32 Å². The molecule has 2 N–H and O–H groups in total. The molecule has 138 valence electrons. The predicted octanol–water partition coefficient (Wildman–Crippen LogP) is 2.21. The zero-order chi connectivity index (χ0) is 18.5. The van der Waals surface area contributed by atoms with Gasteiger partial charge in [0.15, 0.2) is 5.65 Å². The number of aliphatic hydroxyl groups excluding tert-OH is 1. The summed E-state index contributed by atoms with van der Waals surface area (Å²) in [7, 11) is 0. The van der Waals surface area contributed by atoms with Gasteiger partial charge in [0.2, 0.25) is 5.82 Å². The number of nitrogens with one attached hydrogen (secondary N) is 1. The number of carbonyl (C=O) groups excluding carboxylic acids is 1. The summed E-state index contributed by atoms with van der Waals surface area (Å²) in [6, 6.07) is 0. The summed E-state index contributed by atoms with van der Waals surface area (Å²) >= 11 is 1.74. The Kier molecular flexibility index (Phi) is 4.19. The minimum atomic E-state index is -0.382. The predicted molar refractivity (Wildman–Crippen MR) is 101 cm³/mol. The van der Waals surface area contributed by atoms with Crippen LogP contribution >= 0.6 is 11.3 Å². The van der Waals surface area contributed by atoms with Gasteiger partial charge in [0.25, 0.3) is 5.91 Å². The molecule has 0 saturated heterocycles. The highest BCUT2D eigenvalue weighted by molar-refractivity contribution is 7.19. The van der Waals surface area contributed by atoms with Crippen LogP contribution in [0.1, 0.15) is 48.3 Å². The molecule has 8 heteroatoms. The van der Waals surface area contributed by atoms with Crippen LogP contribution in [0, 0.1) is 11.3 Å². The van der Waals surface area contributed by atoms with E-state index >= 15 is 0 Å². The number of aliphatic hydroxyl groups is 1. The number of aromatic nitrogens is 4. The lowest BCUT2D eigenvalue weighted by Gasteiger charge is -2.33. The Morgan fingerprint density at radius 1 is 1.46 bits per heavy atom. The Morgan fingerprint density at radius 2 is 2.27 bits per heavy atom. The number of fused-ring (bicyclic) bond motifs is 5. The van der Waals surface area contributed by atoms with Crippen molar-refractivity contribution in [3.8, 4) is 0 Å². The van der Waals surface area contributed by atoms with E-state index in [9.17, 15) is 4.79 Å². The highest BCUT2D eigenvalue weighted by Crippen LogP contribution is 2.43. The zero-order valence-electron chi connectivity index (χ0n) is 15.2. The molecule has 4 rings (SSSR count). The molecular formula is C18H23N5O2S. The van der Waals surface area contributed by atoms with Gasteiger partial charge in [-0.15, -0.1) is 16.4 Å². The molecule has 0 bridgehead atoms. The first-order chi connectivity index (χ1) is 12.4. The standard InChI is InChI=1S/C18H23N5O2S/c1-18(2,3)10-4-5-11-12(8-10)26-17-13(11)15-21-14(16(25)19-6-7-24)22-23(15)9-20-17/h9-10,24H,4-8H2,1-3H3,(H,19,25)/t10-/m1/s1. The average molecular weight is 373 g/mol. The van der Waals surface area contributed by atoms with Gasteiger partial charge in [-0.25, -0.2) is 14.5 Å². The van der Waals surface area contributed by atoms with Crippen LogP contribution in [-0.4, -0.2) is 43.7 Å². The number of rotatable bonds is 3. The molecule has 3 heterocycles. The van der Waals surface area contributed by atoms with Crippen molar-refractivity contribution < 1.29 is 9.90 Å². The normalized spacial score (nSPS) is 17.6. The van der Waals surface area contributed by atoms with Gasteiger partial charge in [0, 0.05) is 11.4 Å². The fourth-order valence-corrected chi connectivity index (χ4v) is 4.92. The lowest BCUT2D eigenvalue weighted by Crippen LogP contribution is -2.27. The van der Waals surface area contributed by atoms with Crippen molar-refractivity contribution in [1.82, 2.24) is 24.9 Å². The molecule has 1 aliphatic rings. The van der Waals surface area contributed by atoms with E-state index in [0.717, 1.165) is 29.5 Å². The monoisotopic (exact) mass is 373 g/mol. The number of nitrogens with zero attached hydrogens (tertiary/aromatic N) is 4. The molecule has 1 aliphatic carbocycles. The van der Waals surface area contributed by atoms with Gasteiger partial charge >= 0.3 is 0 Å². The first kappa shape index (κ1) is 17.4. The molecule has 0 unspecified atom stereocenters. The van der Waals surface area contributed by atoms with Crippen LogP contribution in [0.15, 0.2) is 6.33 Å². The number of hydrogen-bond acceptors (Lipinski definition) is 6. The van der Waals surface area contributed by atoms with E-state index in [2.05, 4.69) is 41.2 Å². The van der Waals surface area contributed by atoms with Crippen molar-refractivity contribution in [2.75, 3.05) is 13.2 Å². The molecular weight excluding hydrogens is 350 g/mol. The first-order valence-electron chi connectivity index (χ1n) is 8.93. The number of hydrogen-bond donors (Lipinski definition) is 2. The maximum atomic E-state index is 12.1. The fourth-order valence-electron chi connectivity index (χ4n) is 3.66. The van der Waals surface area contributed by atoms with Crippen molar-refractivity contribution in [1.29, 1.82) is 0 Å². The molecule has 1 amide bonds. The second-order valence-electron chi connectivity index (χ2n) is 7.92. The Balaban J connectivity index is 1.78. The molecule has 0 spiro atoms.